The highest BCUT2D eigenvalue weighted by Gasteiger charge is 2.26. The first-order valence-electron chi connectivity index (χ1n) is 6.73. The van der Waals surface area contributed by atoms with Crippen molar-refractivity contribution < 1.29 is 0 Å². The molecule has 1 aliphatic heterocycles. The lowest BCUT2D eigenvalue weighted by Gasteiger charge is -2.19. The van der Waals surface area contributed by atoms with E-state index >= 15 is 0 Å². The summed E-state index contributed by atoms with van der Waals surface area (Å²) in [6.07, 6.45) is 4.61. The minimum atomic E-state index is 0.818. The maximum atomic E-state index is 6.23. The Morgan fingerprint density at radius 2 is 2.18 bits per heavy atom. The van der Waals surface area contributed by atoms with Gasteiger partial charge in [-0.25, -0.2) is 0 Å². The first kappa shape index (κ1) is 12.3. The van der Waals surface area contributed by atoms with Crippen molar-refractivity contribution in [2.45, 2.75) is 39.5 Å². The van der Waals surface area contributed by atoms with E-state index < -0.39 is 0 Å². The summed E-state index contributed by atoms with van der Waals surface area (Å²) in [4.78, 5) is 2.40. The number of rotatable bonds is 4. The molecule has 2 rings (SSSR count). The molecule has 1 aliphatic rings. The molecule has 1 atom stereocenters. The number of nitrogen functional groups attached to an aromatic ring is 1. The fraction of sp³-hybridized carbons (Fsp3) is 0.769. The molecule has 4 nitrogen and oxygen atoms in total. The van der Waals surface area contributed by atoms with E-state index in [4.69, 9.17) is 5.73 Å². The van der Waals surface area contributed by atoms with Gasteiger partial charge in [-0.05, 0) is 18.8 Å². The van der Waals surface area contributed by atoms with Crippen molar-refractivity contribution in [1.82, 2.24) is 9.78 Å². The van der Waals surface area contributed by atoms with Gasteiger partial charge in [0.05, 0.1) is 11.4 Å². The summed E-state index contributed by atoms with van der Waals surface area (Å²) in [5.74, 6) is 1.95. The molecule has 2 heterocycles. The van der Waals surface area contributed by atoms with Gasteiger partial charge >= 0.3 is 0 Å². The largest absolute Gasteiger partial charge is 0.394 e. The predicted molar refractivity (Wildman–Crippen MR) is 72.2 cm³/mol. The lowest BCUT2D eigenvalue weighted by atomic mass is 10.1. The Labute approximate surface area is 104 Å². The predicted octanol–water partition coefficient (Wildman–Crippen LogP) is 2.19. The molecule has 1 aromatic rings. The van der Waals surface area contributed by atoms with Crippen LogP contribution in [-0.2, 0) is 13.5 Å². The topological polar surface area (TPSA) is 47.1 Å². The summed E-state index contributed by atoms with van der Waals surface area (Å²) in [6.45, 7) is 6.68. The van der Waals surface area contributed by atoms with Crippen molar-refractivity contribution in [1.29, 1.82) is 0 Å². The average Bonchev–Trinajstić information content (AvgIpc) is 2.86. The molecule has 0 aliphatic carbocycles. The van der Waals surface area contributed by atoms with Gasteiger partial charge in [-0.1, -0.05) is 26.7 Å². The summed E-state index contributed by atoms with van der Waals surface area (Å²) >= 11 is 0. The molecular formula is C13H24N4. The number of hydrogen-bond donors (Lipinski definition) is 1. The molecule has 2 N–H and O–H groups in total. The molecule has 0 spiro atoms. The molecule has 96 valence electrons. The third-order valence-electron chi connectivity index (χ3n) is 3.78. The Kier molecular flexibility index (Phi) is 3.60. The highest BCUT2D eigenvalue weighted by atomic mass is 15.4. The molecule has 0 amide bonds. The van der Waals surface area contributed by atoms with Crippen LogP contribution in [0, 0.1) is 5.92 Å². The van der Waals surface area contributed by atoms with Crippen LogP contribution in [-0.4, -0.2) is 22.9 Å². The molecule has 1 unspecified atom stereocenters. The minimum absolute atomic E-state index is 0.818. The standard InChI is InChI=1S/C13H24N4/c1-4-6-11-12(14)13(16(3)15-11)17-8-7-10(5-2)9-17/h10H,4-9,14H2,1-3H3. The number of nitrogens with two attached hydrogens (primary N) is 1. The van der Waals surface area contributed by atoms with E-state index in [0.717, 1.165) is 49.0 Å². The highest BCUT2D eigenvalue weighted by Crippen LogP contribution is 2.31. The van der Waals surface area contributed by atoms with Crippen LogP contribution in [0.25, 0.3) is 0 Å². The van der Waals surface area contributed by atoms with Crippen LogP contribution < -0.4 is 10.6 Å². The lowest BCUT2D eigenvalue weighted by molar-refractivity contribution is 0.567. The van der Waals surface area contributed by atoms with Crippen LogP contribution in [0.2, 0.25) is 0 Å². The maximum Gasteiger partial charge on any atom is 0.150 e. The van der Waals surface area contributed by atoms with Gasteiger partial charge in [-0.3, -0.25) is 4.68 Å². The van der Waals surface area contributed by atoms with Crippen LogP contribution in [0.15, 0.2) is 0 Å². The van der Waals surface area contributed by atoms with Gasteiger partial charge in [0.15, 0.2) is 0 Å². The number of aryl methyl sites for hydroxylation is 2. The minimum Gasteiger partial charge on any atom is -0.394 e. The Morgan fingerprint density at radius 3 is 2.76 bits per heavy atom. The molecule has 4 heteroatoms. The Hall–Kier alpha value is -1.19. The van der Waals surface area contributed by atoms with Gasteiger partial charge in [0.1, 0.15) is 5.82 Å². The number of aromatic nitrogens is 2. The molecule has 0 bridgehead atoms. The zero-order chi connectivity index (χ0) is 12.4. The van der Waals surface area contributed by atoms with Gasteiger partial charge in [0, 0.05) is 20.1 Å². The summed E-state index contributed by atoms with van der Waals surface area (Å²) in [5.41, 5.74) is 8.19. The third-order valence-corrected chi connectivity index (χ3v) is 3.78. The van der Waals surface area contributed by atoms with Crippen molar-refractivity contribution in [2.75, 3.05) is 23.7 Å². The van der Waals surface area contributed by atoms with Crippen LogP contribution in [0.1, 0.15) is 38.8 Å². The number of nitrogens with zero attached hydrogens (tertiary/aromatic N) is 3. The number of anilines is 2. The van der Waals surface area contributed by atoms with Crippen molar-refractivity contribution >= 4 is 11.5 Å². The molecular weight excluding hydrogens is 212 g/mol. The Balaban J connectivity index is 2.21. The molecule has 1 fully saturated rings. The third kappa shape index (κ3) is 2.26. The molecule has 0 saturated carbocycles. The smallest absolute Gasteiger partial charge is 0.150 e. The van der Waals surface area contributed by atoms with E-state index in [-0.39, 0.29) is 0 Å². The van der Waals surface area contributed by atoms with E-state index in [2.05, 4.69) is 23.8 Å². The van der Waals surface area contributed by atoms with E-state index in [1.54, 1.807) is 0 Å². The van der Waals surface area contributed by atoms with Gasteiger partial charge in [-0.15, -0.1) is 0 Å². The maximum absolute atomic E-state index is 6.23. The lowest BCUT2D eigenvalue weighted by Crippen LogP contribution is -2.23. The molecule has 0 radical (unpaired) electrons. The van der Waals surface area contributed by atoms with E-state index in [9.17, 15) is 0 Å². The summed E-state index contributed by atoms with van der Waals surface area (Å²) in [6, 6.07) is 0. The van der Waals surface area contributed by atoms with E-state index in [1.165, 1.54) is 12.8 Å². The van der Waals surface area contributed by atoms with Gasteiger partial charge in [-0.2, -0.15) is 5.10 Å². The SMILES string of the molecule is CCCc1nn(C)c(N2CCC(CC)C2)c1N. The zero-order valence-corrected chi connectivity index (χ0v) is 11.2. The second-order valence-electron chi connectivity index (χ2n) is 5.07. The van der Waals surface area contributed by atoms with E-state index in [1.807, 2.05) is 11.7 Å². The average molecular weight is 236 g/mol. The summed E-state index contributed by atoms with van der Waals surface area (Å²) < 4.78 is 1.96. The fourth-order valence-electron chi connectivity index (χ4n) is 2.74. The van der Waals surface area contributed by atoms with Gasteiger partial charge in [0.2, 0.25) is 0 Å². The normalized spacial score (nSPS) is 20.2. The second-order valence-corrected chi connectivity index (χ2v) is 5.07. The van der Waals surface area contributed by atoms with Crippen molar-refractivity contribution in [2.24, 2.45) is 13.0 Å². The fourth-order valence-corrected chi connectivity index (χ4v) is 2.74. The van der Waals surface area contributed by atoms with Crippen molar-refractivity contribution in [3.8, 4) is 0 Å². The van der Waals surface area contributed by atoms with Crippen LogP contribution >= 0.6 is 0 Å². The molecule has 17 heavy (non-hydrogen) atoms. The first-order valence-corrected chi connectivity index (χ1v) is 6.73. The van der Waals surface area contributed by atoms with Crippen LogP contribution in [0.3, 0.4) is 0 Å². The quantitative estimate of drug-likeness (QED) is 0.871. The van der Waals surface area contributed by atoms with Crippen molar-refractivity contribution in [3.63, 3.8) is 0 Å². The molecule has 1 aromatic heterocycles. The summed E-state index contributed by atoms with van der Waals surface area (Å²) in [7, 11) is 2.00. The number of hydrogen-bond acceptors (Lipinski definition) is 3. The van der Waals surface area contributed by atoms with Gasteiger partial charge < -0.3 is 10.6 Å². The first-order chi connectivity index (χ1) is 8.17. The van der Waals surface area contributed by atoms with Crippen LogP contribution in [0.4, 0.5) is 11.5 Å². The Morgan fingerprint density at radius 1 is 1.41 bits per heavy atom. The monoisotopic (exact) mass is 236 g/mol. The highest BCUT2D eigenvalue weighted by molar-refractivity contribution is 5.66. The van der Waals surface area contributed by atoms with Crippen molar-refractivity contribution in [3.05, 3.63) is 5.69 Å². The van der Waals surface area contributed by atoms with E-state index in [0.29, 0.717) is 0 Å². The Bertz CT molecular complexity index is 383. The van der Waals surface area contributed by atoms with Gasteiger partial charge in [0.25, 0.3) is 0 Å². The molecule has 1 saturated heterocycles. The molecule has 0 aromatic carbocycles. The summed E-state index contributed by atoms with van der Waals surface area (Å²) in [5, 5.41) is 4.55. The second kappa shape index (κ2) is 4.98. The zero-order valence-electron chi connectivity index (χ0n) is 11.2. The van der Waals surface area contributed by atoms with Crippen LogP contribution in [0.5, 0.6) is 0 Å².